The van der Waals surface area contributed by atoms with Crippen molar-refractivity contribution in [3.05, 3.63) is 12.7 Å². The molecule has 15 heavy (non-hydrogen) atoms. The van der Waals surface area contributed by atoms with Gasteiger partial charge in [-0.1, -0.05) is 6.58 Å². The summed E-state index contributed by atoms with van der Waals surface area (Å²) in [6.07, 6.45) is 0.832. The van der Waals surface area contributed by atoms with Crippen molar-refractivity contribution in [2.24, 2.45) is 5.73 Å². The average molecular weight is 213 g/mol. The van der Waals surface area contributed by atoms with Crippen molar-refractivity contribution in [2.45, 2.75) is 26.7 Å². The molecular weight excluding hydrogens is 198 g/mol. The predicted molar refractivity (Wildman–Crippen MR) is 55.0 cm³/mol. The van der Waals surface area contributed by atoms with Crippen LogP contribution in [-0.4, -0.2) is 23.3 Å². The minimum Gasteiger partial charge on any atom is -0.366 e. The van der Waals surface area contributed by atoms with E-state index in [4.69, 9.17) is 0 Å². The van der Waals surface area contributed by atoms with Crippen LogP contribution in [0.1, 0.15) is 26.7 Å². The molecule has 0 aliphatic carbocycles. The number of nitrogens with two attached hydrogens (primary N) is 1. The van der Waals surface area contributed by atoms with Gasteiger partial charge in [-0.05, 0) is 19.9 Å². The molecule has 0 aromatic carbocycles. The van der Waals surface area contributed by atoms with E-state index in [9.17, 15) is 19.2 Å². The van der Waals surface area contributed by atoms with Crippen LogP contribution in [0.3, 0.4) is 0 Å². The Balaban J connectivity index is 0. The zero-order valence-electron chi connectivity index (χ0n) is 8.91. The first-order valence-corrected chi connectivity index (χ1v) is 4.22. The first kappa shape index (κ1) is 15.7. The fourth-order valence-corrected chi connectivity index (χ4v) is 0.618. The molecule has 0 saturated heterocycles. The SMILES string of the molecule is C=CC(N)=O.CC(=O)CC(=O)CC(C)=O. The molecule has 0 aromatic heterocycles. The summed E-state index contributed by atoms with van der Waals surface area (Å²) in [6, 6.07) is 0. The second kappa shape index (κ2) is 8.80. The van der Waals surface area contributed by atoms with Gasteiger partial charge >= 0.3 is 0 Å². The highest BCUT2D eigenvalue weighted by molar-refractivity contribution is 6.06. The van der Waals surface area contributed by atoms with Gasteiger partial charge in [0.05, 0.1) is 12.8 Å². The highest BCUT2D eigenvalue weighted by Crippen LogP contribution is 1.91. The van der Waals surface area contributed by atoms with Crippen LogP contribution in [0.5, 0.6) is 0 Å². The van der Waals surface area contributed by atoms with E-state index in [-0.39, 0.29) is 30.2 Å². The Hall–Kier alpha value is -1.78. The molecule has 0 heterocycles. The van der Waals surface area contributed by atoms with E-state index in [1.54, 1.807) is 0 Å². The average Bonchev–Trinajstić information content (AvgIpc) is 2.01. The molecule has 0 rings (SSSR count). The summed E-state index contributed by atoms with van der Waals surface area (Å²) in [5, 5.41) is 0. The highest BCUT2D eigenvalue weighted by Gasteiger charge is 2.06. The summed E-state index contributed by atoms with van der Waals surface area (Å²) < 4.78 is 0. The number of amides is 1. The van der Waals surface area contributed by atoms with Gasteiger partial charge in [0.15, 0.2) is 0 Å². The lowest BCUT2D eigenvalue weighted by Crippen LogP contribution is -2.07. The van der Waals surface area contributed by atoms with E-state index in [2.05, 4.69) is 12.3 Å². The number of rotatable bonds is 5. The van der Waals surface area contributed by atoms with Crippen LogP contribution in [0.15, 0.2) is 12.7 Å². The number of hydrogen-bond acceptors (Lipinski definition) is 4. The summed E-state index contributed by atoms with van der Waals surface area (Å²) in [6.45, 7) is 5.75. The van der Waals surface area contributed by atoms with Crippen LogP contribution in [0.2, 0.25) is 0 Å². The van der Waals surface area contributed by atoms with Gasteiger partial charge in [0.1, 0.15) is 17.3 Å². The maximum atomic E-state index is 10.6. The molecule has 0 fully saturated rings. The summed E-state index contributed by atoms with van der Waals surface area (Å²) in [4.78, 5) is 40.7. The summed E-state index contributed by atoms with van der Waals surface area (Å²) >= 11 is 0. The number of Topliss-reactive ketones (excluding diaryl/α,β-unsaturated/α-hetero) is 3. The number of hydrogen-bond donors (Lipinski definition) is 1. The Kier molecular flexibility index (Phi) is 9.20. The van der Waals surface area contributed by atoms with Gasteiger partial charge in [-0.3, -0.25) is 19.2 Å². The molecule has 2 N–H and O–H groups in total. The molecule has 0 aliphatic heterocycles. The van der Waals surface area contributed by atoms with E-state index in [0.717, 1.165) is 6.08 Å². The lowest BCUT2D eigenvalue weighted by Gasteiger charge is -1.91. The molecule has 0 bridgehead atoms. The van der Waals surface area contributed by atoms with E-state index in [0.29, 0.717) is 0 Å². The Morgan fingerprint density at radius 1 is 1.07 bits per heavy atom. The van der Waals surface area contributed by atoms with Crippen LogP contribution < -0.4 is 5.73 Å². The van der Waals surface area contributed by atoms with Crippen LogP contribution in [0.25, 0.3) is 0 Å². The minimum atomic E-state index is -0.481. The number of primary amides is 1. The first-order valence-electron chi connectivity index (χ1n) is 4.22. The largest absolute Gasteiger partial charge is 0.366 e. The van der Waals surface area contributed by atoms with Gasteiger partial charge in [0, 0.05) is 0 Å². The maximum absolute atomic E-state index is 10.6. The third-order valence-corrected chi connectivity index (χ3v) is 1.09. The van der Waals surface area contributed by atoms with Gasteiger partial charge in [-0.15, -0.1) is 0 Å². The zero-order valence-corrected chi connectivity index (χ0v) is 8.91. The Morgan fingerprint density at radius 2 is 1.33 bits per heavy atom. The molecule has 0 aromatic rings. The Morgan fingerprint density at radius 3 is 1.47 bits per heavy atom. The van der Waals surface area contributed by atoms with Crippen molar-refractivity contribution in [1.29, 1.82) is 0 Å². The molecule has 5 heteroatoms. The summed E-state index contributed by atoms with van der Waals surface area (Å²) in [5.41, 5.74) is 4.53. The van der Waals surface area contributed by atoms with Crippen LogP contribution in [0, 0.1) is 0 Å². The molecule has 0 radical (unpaired) electrons. The maximum Gasteiger partial charge on any atom is 0.240 e. The van der Waals surface area contributed by atoms with Crippen LogP contribution in [-0.2, 0) is 19.2 Å². The third kappa shape index (κ3) is 18.9. The Labute approximate surface area is 88.3 Å². The fraction of sp³-hybridized carbons (Fsp3) is 0.400. The highest BCUT2D eigenvalue weighted by atomic mass is 16.2. The van der Waals surface area contributed by atoms with Crippen molar-refractivity contribution in [1.82, 2.24) is 0 Å². The van der Waals surface area contributed by atoms with Gasteiger partial charge in [-0.25, -0.2) is 0 Å². The second-order valence-corrected chi connectivity index (χ2v) is 2.90. The third-order valence-electron chi connectivity index (χ3n) is 1.09. The smallest absolute Gasteiger partial charge is 0.240 e. The van der Waals surface area contributed by atoms with E-state index < -0.39 is 5.91 Å². The molecule has 1 amide bonds. The minimum absolute atomic E-state index is 0.112. The number of ketones is 3. The van der Waals surface area contributed by atoms with Gasteiger partial charge in [-0.2, -0.15) is 0 Å². The molecule has 0 spiro atoms. The van der Waals surface area contributed by atoms with E-state index in [1.807, 2.05) is 0 Å². The molecular formula is C10H15NO4. The topological polar surface area (TPSA) is 94.3 Å². The molecule has 0 unspecified atom stereocenters. The normalized spacial score (nSPS) is 8.13. The standard InChI is InChI=1S/C7H10O3.C3H5NO/c1-5(8)3-7(10)4-6(2)9;1-2-3(4)5/h3-4H2,1-2H3;2H,1H2,(H2,4,5). The van der Waals surface area contributed by atoms with Crippen molar-refractivity contribution in [3.8, 4) is 0 Å². The lowest BCUT2D eigenvalue weighted by molar-refractivity contribution is -0.128. The molecule has 0 aliphatic rings. The van der Waals surface area contributed by atoms with Crippen molar-refractivity contribution < 1.29 is 19.2 Å². The summed E-state index contributed by atoms with van der Waals surface area (Å²) in [7, 11) is 0. The van der Waals surface area contributed by atoms with Gasteiger partial charge in [0.2, 0.25) is 5.91 Å². The molecule has 0 saturated carbocycles. The van der Waals surface area contributed by atoms with Gasteiger partial charge < -0.3 is 5.73 Å². The summed E-state index contributed by atoms with van der Waals surface area (Å²) in [5.74, 6) is -1.15. The second-order valence-electron chi connectivity index (χ2n) is 2.90. The van der Waals surface area contributed by atoms with Crippen LogP contribution >= 0.6 is 0 Å². The first-order chi connectivity index (χ1) is 6.79. The van der Waals surface area contributed by atoms with Gasteiger partial charge in [0.25, 0.3) is 0 Å². The molecule has 0 atom stereocenters. The van der Waals surface area contributed by atoms with E-state index >= 15 is 0 Å². The quantitative estimate of drug-likeness (QED) is 0.520. The lowest BCUT2D eigenvalue weighted by atomic mass is 10.1. The number of carbonyl (C=O) groups is 4. The zero-order chi connectivity index (χ0) is 12.4. The van der Waals surface area contributed by atoms with E-state index in [1.165, 1.54) is 13.8 Å². The molecule has 5 nitrogen and oxygen atoms in total. The number of carbonyl (C=O) groups excluding carboxylic acids is 4. The van der Waals surface area contributed by atoms with Crippen LogP contribution in [0.4, 0.5) is 0 Å². The molecule has 84 valence electrons. The Bertz CT molecular complexity index is 263. The fourth-order valence-electron chi connectivity index (χ4n) is 0.618. The van der Waals surface area contributed by atoms with Crippen molar-refractivity contribution >= 4 is 23.3 Å². The monoisotopic (exact) mass is 213 g/mol. The van der Waals surface area contributed by atoms with Crippen molar-refractivity contribution in [3.63, 3.8) is 0 Å². The predicted octanol–water partition coefficient (Wildman–Crippen LogP) is 0.171. The van der Waals surface area contributed by atoms with Crippen molar-refractivity contribution in [2.75, 3.05) is 0 Å².